The number of hydrogen-bond donors (Lipinski definition) is 0. The second-order valence-corrected chi connectivity index (χ2v) is 3.59. The number of hydrogen-bond acceptors (Lipinski definition) is 1. The molecule has 0 amide bonds. The Balaban J connectivity index is 3.84. The SMILES string of the molecule is CCN(CC)C/C=C(\C)C(C)C. The Morgan fingerprint density at radius 1 is 1.25 bits per heavy atom. The summed E-state index contributed by atoms with van der Waals surface area (Å²) in [5.74, 6) is 0.695. The standard InChI is InChI=1S/C11H23N/c1-6-12(7-2)9-8-11(5)10(3)4/h8,10H,6-7,9H2,1-5H3/b11-8+. The van der Waals surface area contributed by atoms with Gasteiger partial charge in [-0.2, -0.15) is 0 Å². The monoisotopic (exact) mass is 169 g/mol. The molecule has 0 saturated heterocycles. The summed E-state index contributed by atoms with van der Waals surface area (Å²) >= 11 is 0. The normalized spacial score (nSPS) is 13.1. The summed E-state index contributed by atoms with van der Waals surface area (Å²) in [6.45, 7) is 14.5. The molecule has 0 N–H and O–H groups in total. The lowest BCUT2D eigenvalue weighted by Gasteiger charge is -2.16. The van der Waals surface area contributed by atoms with Crippen LogP contribution < -0.4 is 0 Å². The van der Waals surface area contributed by atoms with Gasteiger partial charge in [0.25, 0.3) is 0 Å². The van der Waals surface area contributed by atoms with Crippen LogP contribution in [0.25, 0.3) is 0 Å². The molecule has 0 fully saturated rings. The lowest BCUT2D eigenvalue weighted by atomic mass is 10.1. The van der Waals surface area contributed by atoms with Crippen molar-refractivity contribution in [2.24, 2.45) is 5.92 Å². The lowest BCUT2D eigenvalue weighted by molar-refractivity contribution is 0.336. The summed E-state index contributed by atoms with van der Waals surface area (Å²) in [7, 11) is 0. The summed E-state index contributed by atoms with van der Waals surface area (Å²) in [4.78, 5) is 2.42. The molecule has 0 aliphatic rings. The highest BCUT2D eigenvalue weighted by Crippen LogP contribution is 2.07. The van der Waals surface area contributed by atoms with Gasteiger partial charge in [-0.05, 0) is 25.9 Å². The minimum atomic E-state index is 0.695. The molecule has 0 spiro atoms. The van der Waals surface area contributed by atoms with Crippen LogP contribution >= 0.6 is 0 Å². The average molecular weight is 169 g/mol. The van der Waals surface area contributed by atoms with Crippen molar-refractivity contribution in [2.45, 2.75) is 34.6 Å². The predicted octanol–water partition coefficient (Wildman–Crippen LogP) is 2.93. The number of rotatable bonds is 5. The molecule has 0 rings (SSSR count). The highest BCUT2D eigenvalue weighted by Gasteiger charge is 1.98. The van der Waals surface area contributed by atoms with Gasteiger partial charge in [-0.3, -0.25) is 0 Å². The van der Waals surface area contributed by atoms with Crippen molar-refractivity contribution in [3.8, 4) is 0 Å². The van der Waals surface area contributed by atoms with E-state index in [0.29, 0.717) is 5.92 Å². The van der Waals surface area contributed by atoms with E-state index in [1.54, 1.807) is 0 Å². The van der Waals surface area contributed by atoms with Gasteiger partial charge >= 0.3 is 0 Å². The van der Waals surface area contributed by atoms with Crippen molar-refractivity contribution in [3.63, 3.8) is 0 Å². The van der Waals surface area contributed by atoms with Crippen LogP contribution in [0.1, 0.15) is 34.6 Å². The molecule has 0 atom stereocenters. The van der Waals surface area contributed by atoms with Crippen LogP contribution in [-0.4, -0.2) is 24.5 Å². The Kier molecular flexibility index (Phi) is 6.09. The Morgan fingerprint density at radius 2 is 1.75 bits per heavy atom. The zero-order chi connectivity index (χ0) is 9.56. The van der Waals surface area contributed by atoms with Gasteiger partial charge in [0.05, 0.1) is 0 Å². The summed E-state index contributed by atoms with van der Waals surface area (Å²) in [5.41, 5.74) is 1.50. The van der Waals surface area contributed by atoms with Gasteiger partial charge in [0.1, 0.15) is 0 Å². The number of likely N-dealkylation sites (N-methyl/N-ethyl adjacent to an activating group) is 1. The van der Waals surface area contributed by atoms with Crippen LogP contribution in [0.4, 0.5) is 0 Å². The van der Waals surface area contributed by atoms with E-state index in [2.05, 4.69) is 45.6 Å². The molecule has 0 aliphatic heterocycles. The van der Waals surface area contributed by atoms with Crippen molar-refractivity contribution >= 4 is 0 Å². The number of allylic oxidation sites excluding steroid dienone is 1. The Hall–Kier alpha value is -0.300. The molecule has 0 heterocycles. The van der Waals surface area contributed by atoms with Gasteiger partial charge in [0, 0.05) is 6.54 Å². The van der Waals surface area contributed by atoms with Crippen molar-refractivity contribution in [2.75, 3.05) is 19.6 Å². The molecular formula is C11H23N. The summed E-state index contributed by atoms with van der Waals surface area (Å²) in [6.07, 6.45) is 2.34. The summed E-state index contributed by atoms with van der Waals surface area (Å²) in [6, 6.07) is 0. The molecule has 0 radical (unpaired) electrons. The van der Waals surface area contributed by atoms with Gasteiger partial charge in [0.15, 0.2) is 0 Å². The summed E-state index contributed by atoms with van der Waals surface area (Å²) < 4.78 is 0. The van der Waals surface area contributed by atoms with Gasteiger partial charge < -0.3 is 4.90 Å². The first-order valence-electron chi connectivity index (χ1n) is 5.00. The molecule has 0 aromatic rings. The molecule has 72 valence electrons. The van der Waals surface area contributed by atoms with E-state index in [1.165, 1.54) is 5.57 Å². The van der Waals surface area contributed by atoms with Crippen molar-refractivity contribution in [3.05, 3.63) is 11.6 Å². The van der Waals surface area contributed by atoms with Crippen LogP contribution in [0.5, 0.6) is 0 Å². The molecule has 0 aromatic carbocycles. The smallest absolute Gasteiger partial charge is 0.0165 e. The zero-order valence-electron chi connectivity index (χ0n) is 9.22. The van der Waals surface area contributed by atoms with E-state index in [4.69, 9.17) is 0 Å². The van der Waals surface area contributed by atoms with E-state index >= 15 is 0 Å². The topological polar surface area (TPSA) is 3.24 Å². The van der Waals surface area contributed by atoms with E-state index < -0.39 is 0 Å². The van der Waals surface area contributed by atoms with Crippen LogP contribution in [0.15, 0.2) is 11.6 Å². The average Bonchev–Trinajstić information content (AvgIpc) is 2.05. The van der Waals surface area contributed by atoms with E-state index in [9.17, 15) is 0 Å². The van der Waals surface area contributed by atoms with E-state index in [-0.39, 0.29) is 0 Å². The van der Waals surface area contributed by atoms with Gasteiger partial charge in [-0.25, -0.2) is 0 Å². The molecule has 1 nitrogen and oxygen atoms in total. The van der Waals surface area contributed by atoms with Crippen molar-refractivity contribution in [1.82, 2.24) is 4.90 Å². The molecule has 0 unspecified atom stereocenters. The van der Waals surface area contributed by atoms with Crippen LogP contribution in [-0.2, 0) is 0 Å². The van der Waals surface area contributed by atoms with E-state index in [0.717, 1.165) is 19.6 Å². The maximum absolute atomic E-state index is 2.42. The summed E-state index contributed by atoms with van der Waals surface area (Å²) in [5, 5.41) is 0. The third-order valence-electron chi connectivity index (χ3n) is 2.48. The minimum Gasteiger partial charge on any atom is -0.300 e. The second-order valence-electron chi connectivity index (χ2n) is 3.59. The van der Waals surface area contributed by atoms with Gasteiger partial charge in [0.2, 0.25) is 0 Å². The van der Waals surface area contributed by atoms with Crippen molar-refractivity contribution in [1.29, 1.82) is 0 Å². The maximum atomic E-state index is 2.42. The quantitative estimate of drug-likeness (QED) is 0.572. The first-order chi connectivity index (χ1) is 5.61. The Bertz CT molecular complexity index is 132. The van der Waals surface area contributed by atoms with Gasteiger partial charge in [-0.15, -0.1) is 0 Å². The largest absolute Gasteiger partial charge is 0.300 e. The predicted molar refractivity (Wildman–Crippen MR) is 56.4 cm³/mol. The first-order valence-corrected chi connectivity index (χ1v) is 5.00. The zero-order valence-corrected chi connectivity index (χ0v) is 9.22. The first kappa shape index (κ1) is 11.7. The molecule has 1 heteroatoms. The fourth-order valence-electron chi connectivity index (χ4n) is 0.991. The van der Waals surface area contributed by atoms with E-state index in [1.807, 2.05) is 0 Å². The van der Waals surface area contributed by atoms with Crippen LogP contribution in [0, 0.1) is 5.92 Å². The molecule has 0 aliphatic carbocycles. The maximum Gasteiger partial charge on any atom is 0.0165 e. The molecule has 0 saturated carbocycles. The van der Waals surface area contributed by atoms with Gasteiger partial charge in [-0.1, -0.05) is 39.3 Å². The highest BCUT2D eigenvalue weighted by molar-refractivity contribution is 5.01. The molecular weight excluding hydrogens is 146 g/mol. The van der Waals surface area contributed by atoms with Crippen LogP contribution in [0.3, 0.4) is 0 Å². The van der Waals surface area contributed by atoms with Crippen LogP contribution in [0.2, 0.25) is 0 Å². The lowest BCUT2D eigenvalue weighted by Crippen LogP contribution is -2.23. The number of nitrogens with zero attached hydrogens (tertiary/aromatic N) is 1. The third-order valence-corrected chi connectivity index (χ3v) is 2.48. The van der Waals surface area contributed by atoms with Crippen molar-refractivity contribution < 1.29 is 0 Å². The highest BCUT2D eigenvalue weighted by atomic mass is 15.1. The minimum absolute atomic E-state index is 0.695. The second kappa shape index (κ2) is 6.24. The fourth-order valence-corrected chi connectivity index (χ4v) is 0.991. The fraction of sp³-hybridized carbons (Fsp3) is 0.818. The molecule has 0 bridgehead atoms. The third kappa shape index (κ3) is 4.55. The Morgan fingerprint density at radius 3 is 2.08 bits per heavy atom. The Labute approximate surface area is 77.5 Å². The molecule has 0 aromatic heterocycles. The molecule has 12 heavy (non-hydrogen) atoms.